The molecule has 1 fully saturated rings. The number of hydrogen-bond acceptors (Lipinski definition) is 6. The van der Waals surface area contributed by atoms with Crippen molar-refractivity contribution in [1.82, 2.24) is 4.90 Å². The summed E-state index contributed by atoms with van der Waals surface area (Å²) in [6.45, 7) is 2.41. The lowest BCUT2D eigenvalue weighted by atomic mass is 9.97. The Bertz CT molecular complexity index is 906. The summed E-state index contributed by atoms with van der Waals surface area (Å²) in [5.74, 6) is -0.651. The fourth-order valence-electron chi connectivity index (χ4n) is 3.64. The van der Waals surface area contributed by atoms with Gasteiger partial charge in [-0.25, -0.2) is 4.79 Å². The Kier molecular flexibility index (Phi) is 8.66. The van der Waals surface area contributed by atoms with Crippen LogP contribution in [0.3, 0.4) is 0 Å². The summed E-state index contributed by atoms with van der Waals surface area (Å²) in [5, 5.41) is 0. The molecule has 1 heterocycles. The summed E-state index contributed by atoms with van der Waals surface area (Å²) in [7, 11) is 0. The summed E-state index contributed by atoms with van der Waals surface area (Å²) in [5.41, 5.74) is 2.11. The van der Waals surface area contributed by atoms with Crippen molar-refractivity contribution in [2.45, 2.75) is 26.2 Å². The Hall–Kier alpha value is -3.35. The van der Waals surface area contributed by atoms with Gasteiger partial charge in [-0.3, -0.25) is 9.59 Å². The molecule has 1 amide bonds. The SMILES string of the molecule is CCOC(=O)C1CCN(C(=O)COC(=O)COc2ccccc2Cc2ccccc2)CC1. The van der Waals surface area contributed by atoms with Crippen LogP contribution in [0.15, 0.2) is 54.6 Å². The van der Waals surface area contributed by atoms with Gasteiger partial charge in [0.25, 0.3) is 5.91 Å². The Balaban J connectivity index is 1.41. The lowest BCUT2D eigenvalue weighted by Gasteiger charge is -2.30. The summed E-state index contributed by atoms with van der Waals surface area (Å²) in [6.07, 6.45) is 1.80. The molecule has 2 aromatic carbocycles. The molecule has 0 atom stereocenters. The molecule has 1 aliphatic heterocycles. The number of esters is 2. The zero-order chi connectivity index (χ0) is 22.8. The van der Waals surface area contributed by atoms with Gasteiger partial charge in [0.2, 0.25) is 0 Å². The largest absolute Gasteiger partial charge is 0.482 e. The quantitative estimate of drug-likeness (QED) is 0.559. The molecule has 0 saturated carbocycles. The van der Waals surface area contributed by atoms with E-state index in [4.69, 9.17) is 14.2 Å². The summed E-state index contributed by atoms with van der Waals surface area (Å²) >= 11 is 0. The number of benzene rings is 2. The van der Waals surface area contributed by atoms with E-state index in [-0.39, 0.29) is 31.0 Å². The van der Waals surface area contributed by atoms with Crippen LogP contribution in [0.1, 0.15) is 30.9 Å². The molecule has 7 heteroatoms. The minimum absolute atomic E-state index is 0.175. The van der Waals surface area contributed by atoms with Crippen molar-refractivity contribution in [3.05, 3.63) is 65.7 Å². The highest BCUT2D eigenvalue weighted by atomic mass is 16.6. The number of carbonyl (C=O) groups is 3. The molecule has 32 heavy (non-hydrogen) atoms. The van der Waals surface area contributed by atoms with Crippen molar-refractivity contribution < 1.29 is 28.6 Å². The highest BCUT2D eigenvalue weighted by Gasteiger charge is 2.28. The van der Waals surface area contributed by atoms with Gasteiger partial charge >= 0.3 is 11.9 Å². The maximum atomic E-state index is 12.3. The number of rotatable bonds is 9. The van der Waals surface area contributed by atoms with Crippen molar-refractivity contribution in [2.75, 3.05) is 32.9 Å². The minimum Gasteiger partial charge on any atom is -0.482 e. The average molecular weight is 440 g/mol. The number of para-hydroxylation sites is 1. The zero-order valence-electron chi connectivity index (χ0n) is 18.3. The molecule has 1 saturated heterocycles. The van der Waals surface area contributed by atoms with E-state index >= 15 is 0 Å². The second kappa shape index (κ2) is 11.9. The number of ether oxygens (including phenoxy) is 3. The molecule has 0 spiro atoms. The second-order valence-corrected chi connectivity index (χ2v) is 7.63. The van der Waals surface area contributed by atoms with Crippen molar-refractivity contribution >= 4 is 17.8 Å². The molecule has 1 aliphatic rings. The van der Waals surface area contributed by atoms with Crippen molar-refractivity contribution in [1.29, 1.82) is 0 Å². The number of hydrogen-bond donors (Lipinski definition) is 0. The predicted molar refractivity (Wildman–Crippen MR) is 118 cm³/mol. The van der Waals surface area contributed by atoms with Crippen molar-refractivity contribution in [3.8, 4) is 5.75 Å². The minimum atomic E-state index is -0.603. The first-order valence-electron chi connectivity index (χ1n) is 10.9. The molecule has 0 unspecified atom stereocenters. The standard InChI is InChI=1S/C25H29NO6/c1-2-30-25(29)20-12-14-26(15-13-20)23(27)17-32-24(28)18-31-22-11-7-6-10-21(22)16-19-8-4-3-5-9-19/h3-11,20H,2,12-18H2,1H3. The molecule has 0 radical (unpaired) electrons. The van der Waals surface area contributed by atoms with Gasteiger partial charge < -0.3 is 19.1 Å². The van der Waals surface area contributed by atoms with Crippen LogP contribution in [0.2, 0.25) is 0 Å². The van der Waals surface area contributed by atoms with Gasteiger partial charge in [0.1, 0.15) is 5.75 Å². The van der Waals surface area contributed by atoms with E-state index in [9.17, 15) is 14.4 Å². The van der Waals surface area contributed by atoms with Gasteiger partial charge in [-0.05, 0) is 37.0 Å². The van der Waals surface area contributed by atoms with Gasteiger partial charge in [0.15, 0.2) is 13.2 Å². The smallest absolute Gasteiger partial charge is 0.344 e. The first kappa shape index (κ1) is 23.3. The van der Waals surface area contributed by atoms with Gasteiger partial charge in [0.05, 0.1) is 12.5 Å². The van der Waals surface area contributed by atoms with E-state index in [1.54, 1.807) is 11.8 Å². The average Bonchev–Trinajstić information content (AvgIpc) is 2.83. The van der Waals surface area contributed by atoms with Crippen LogP contribution in [-0.4, -0.2) is 55.7 Å². The first-order chi connectivity index (χ1) is 15.6. The maximum absolute atomic E-state index is 12.3. The van der Waals surface area contributed by atoms with Crippen LogP contribution in [0, 0.1) is 5.92 Å². The molecule has 2 aromatic rings. The van der Waals surface area contributed by atoms with E-state index in [1.807, 2.05) is 54.6 Å². The van der Waals surface area contributed by atoms with E-state index in [2.05, 4.69) is 0 Å². The summed E-state index contributed by atoms with van der Waals surface area (Å²) in [4.78, 5) is 37.8. The van der Waals surface area contributed by atoms with Crippen LogP contribution >= 0.6 is 0 Å². The number of carbonyl (C=O) groups excluding carboxylic acids is 3. The van der Waals surface area contributed by atoms with Crippen LogP contribution in [0.5, 0.6) is 5.75 Å². The molecular formula is C25H29NO6. The van der Waals surface area contributed by atoms with Gasteiger partial charge in [0, 0.05) is 19.5 Å². The van der Waals surface area contributed by atoms with Gasteiger partial charge in [-0.2, -0.15) is 0 Å². The Labute approximate surface area is 188 Å². The van der Waals surface area contributed by atoms with E-state index in [0.717, 1.165) is 11.1 Å². The van der Waals surface area contributed by atoms with Crippen LogP contribution in [0.25, 0.3) is 0 Å². The molecule has 0 N–H and O–H groups in total. The topological polar surface area (TPSA) is 82.1 Å². The third kappa shape index (κ3) is 6.83. The van der Waals surface area contributed by atoms with Crippen molar-refractivity contribution in [3.63, 3.8) is 0 Å². The summed E-state index contributed by atoms with van der Waals surface area (Å²) < 4.78 is 15.8. The van der Waals surface area contributed by atoms with Crippen LogP contribution in [0.4, 0.5) is 0 Å². The van der Waals surface area contributed by atoms with Crippen LogP contribution in [-0.2, 0) is 30.3 Å². The third-order valence-corrected chi connectivity index (χ3v) is 5.38. The molecule has 0 bridgehead atoms. The molecule has 0 aromatic heterocycles. The Morgan fingerprint density at radius 3 is 2.31 bits per heavy atom. The highest BCUT2D eigenvalue weighted by molar-refractivity contribution is 5.81. The molecule has 7 nitrogen and oxygen atoms in total. The second-order valence-electron chi connectivity index (χ2n) is 7.63. The van der Waals surface area contributed by atoms with E-state index < -0.39 is 5.97 Å². The number of piperidine rings is 1. The van der Waals surface area contributed by atoms with Crippen molar-refractivity contribution in [2.24, 2.45) is 5.92 Å². The molecule has 0 aliphatic carbocycles. The van der Waals surface area contributed by atoms with E-state index in [1.165, 1.54) is 0 Å². The fraction of sp³-hybridized carbons (Fsp3) is 0.400. The lowest BCUT2D eigenvalue weighted by molar-refractivity contribution is -0.155. The first-order valence-corrected chi connectivity index (χ1v) is 10.9. The number of nitrogens with zero attached hydrogens (tertiary/aromatic N) is 1. The number of likely N-dealkylation sites (tertiary alicyclic amines) is 1. The summed E-state index contributed by atoms with van der Waals surface area (Å²) in [6, 6.07) is 17.5. The molecular weight excluding hydrogens is 410 g/mol. The van der Waals surface area contributed by atoms with Gasteiger partial charge in [-0.1, -0.05) is 48.5 Å². The lowest BCUT2D eigenvalue weighted by Crippen LogP contribution is -2.42. The molecule has 3 rings (SSSR count). The Morgan fingerprint density at radius 1 is 0.906 bits per heavy atom. The zero-order valence-corrected chi connectivity index (χ0v) is 18.3. The fourth-order valence-corrected chi connectivity index (χ4v) is 3.64. The Morgan fingerprint density at radius 2 is 1.59 bits per heavy atom. The van der Waals surface area contributed by atoms with E-state index in [0.29, 0.717) is 44.7 Å². The van der Waals surface area contributed by atoms with Crippen LogP contribution < -0.4 is 4.74 Å². The monoisotopic (exact) mass is 439 g/mol. The number of amides is 1. The predicted octanol–water partition coefficient (Wildman–Crippen LogP) is 3.00. The third-order valence-electron chi connectivity index (χ3n) is 5.38. The molecule has 170 valence electrons. The normalized spacial score (nSPS) is 14.0. The highest BCUT2D eigenvalue weighted by Crippen LogP contribution is 2.22. The van der Waals surface area contributed by atoms with Gasteiger partial charge in [-0.15, -0.1) is 0 Å². The maximum Gasteiger partial charge on any atom is 0.344 e.